The van der Waals surface area contributed by atoms with E-state index in [0.717, 1.165) is 17.9 Å². The van der Waals surface area contributed by atoms with Gasteiger partial charge in [0.05, 0.1) is 0 Å². The van der Waals surface area contributed by atoms with E-state index >= 15 is 0 Å². The van der Waals surface area contributed by atoms with Crippen LogP contribution in [0, 0.1) is 11.8 Å². The molecule has 2 heterocycles. The van der Waals surface area contributed by atoms with Gasteiger partial charge < -0.3 is 5.32 Å². The van der Waals surface area contributed by atoms with Crippen LogP contribution in [0.5, 0.6) is 0 Å². The Labute approximate surface area is 81.7 Å². The van der Waals surface area contributed by atoms with Gasteiger partial charge in [0.15, 0.2) is 0 Å². The number of nitrogens with one attached hydrogen (secondary N) is 1. The van der Waals surface area contributed by atoms with Gasteiger partial charge in [-0.2, -0.15) is 0 Å². The molecular weight excluding hydrogens is 160 g/mol. The van der Waals surface area contributed by atoms with E-state index in [1.807, 2.05) is 0 Å². The van der Waals surface area contributed by atoms with Gasteiger partial charge in [0.1, 0.15) is 0 Å². The van der Waals surface area contributed by atoms with Crippen LogP contribution in [0.1, 0.15) is 26.7 Å². The fraction of sp³-hybridized carbons (Fsp3) is 1.00. The molecule has 0 saturated carbocycles. The van der Waals surface area contributed by atoms with E-state index in [-0.39, 0.29) is 0 Å². The molecule has 76 valence electrons. The van der Waals surface area contributed by atoms with E-state index in [4.69, 9.17) is 0 Å². The molecule has 0 aromatic carbocycles. The van der Waals surface area contributed by atoms with E-state index in [2.05, 4.69) is 24.1 Å². The van der Waals surface area contributed by atoms with Gasteiger partial charge in [-0.1, -0.05) is 13.8 Å². The summed E-state index contributed by atoms with van der Waals surface area (Å²) in [6, 6.07) is 0.884. The second-order valence-electron chi connectivity index (χ2n) is 4.86. The summed E-state index contributed by atoms with van der Waals surface area (Å²) in [4.78, 5) is 2.69. The highest BCUT2D eigenvalue weighted by Gasteiger charge is 2.33. The predicted molar refractivity (Wildman–Crippen MR) is 55.8 cm³/mol. The molecule has 13 heavy (non-hydrogen) atoms. The standard InChI is InChI=1S/C11H22N2/c1-9(2)10-8-12-5-4-11(10)13-6-3-7-13/h9-12H,3-8H2,1-2H3. The molecule has 0 radical (unpaired) electrons. The Morgan fingerprint density at radius 1 is 1.31 bits per heavy atom. The molecule has 0 aliphatic carbocycles. The van der Waals surface area contributed by atoms with Gasteiger partial charge in [-0.05, 0) is 50.9 Å². The summed E-state index contributed by atoms with van der Waals surface area (Å²) >= 11 is 0. The van der Waals surface area contributed by atoms with Crippen molar-refractivity contribution in [2.45, 2.75) is 32.7 Å². The minimum Gasteiger partial charge on any atom is -0.316 e. The number of rotatable bonds is 2. The van der Waals surface area contributed by atoms with Crippen molar-refractivity contribution in [3.63, 3.8) is 0 Å². The van der Waals surface area contributed by atoms with Crippen molar-refractivity contribution in [1.29, 1.82) is 0 Å². The van der Waals surface area contributed by atoms with Crippen LogP contribution in [0.4, 0.5) is 0 Å². The molecule has 2 aliphatic rings. The molecule has 2 heteroatoms. The Hall–Kier alpha value is -0.0800. The third-order valence-electron chi connectivity index (χ3n) is 3.71. The summed E-state index contributed by atoms with van der Waals surface area (Å²) in [6.07, 6.45) is 2.79. The maximum absolute atomic E-state index is 3.52. The Morgan fingerprint density at radius 2 is 2.08 bits per heavy atom. The SMILES string of the molecule is CC(C)C1CNCCC1N1CCC1. The van der Waals surface area contributed by atoms with E-state index < -0.39 is 0 Å². The summed E-state index contributed by atoms with van der Waals surface area (Å²) < 4.78 is 0. The first-order valence-corrected chi connectivity index (χ1v) is 5.74. The molecule has 2 atom stereocenters. The predicted octanol–water partition coefficient (Wildman–Crippen LogP) is 1.33. The van der Waals surface area contributed by atoms with Crippen molar-refractivity contribution in [3.05, 3.63) is 0 Å². The van der Waals surface area contributed by atoms with Crippen LogP contribution in [0.25, 0.3) is 0 Å². The molecule has 1 N–H and O–H groups in total. The monoisotopic (exact) mass is 182 g/mol. The number of hydrogen-bond acceptors (Lipinski definition) is 2. The largest absolute Gasteiger partial charge is 0.316 e. The van der Waals surface area contributed by atoms with Gasteiger partial charge in [0, 0.05) is 6.04 Å². The van der Waals surface area contributed by atoms with Gasteiger partial charge >= 0.3 is 0 Å². The molecule has 2 unspecified atom stereocenters. The van der Waals surface area contributed by atoms with Crippen LogP contribution in [0.2, 0.25) is 0 Å². The minimum absolute atomic E-state index is 0.832. The quantitative estimate of drug-likeness (QED) is 0.693. The van der Waals surface area contributed by atoms with E-state index in [1.165, 1.54) is 39.0 Å². The molecule has 2 saturated heterocycles. The molecule has 2 aliphatic heterocycles. The fourth-order valence-electron chi connectivity index (χ4n) is 2.67. The zero-order chi connectivity index (χ0) is 9.26. The average molecular weight is 182 g/mol. The second-order valence-corrected chi connectivity index (χ2v) is 4.86. The third-order valence-corrected chi connectivity index (χ3v) is 3.71. The Kier molecular flexibility index (Phi) is 2.89. The maximum Gasteiger partial charge on any atom is 0.0150 e. The molecule has 0 aromatic rings. The number of piperidine rings is 1. The van der Waals surface area contributed by atoms with Crippen molar-refractivity contribution < 1.29 is 0 Å². The van der Waals surface area contributed by atoms with Gasteiger partial charge in [-0.15, -0.1) is 0 Å². The van der Waals surface area contributed by atoms with Crippen molar-refractivity contribution in [2.24, 2.45) is 11.8 Å². The first kappa shape index (κ1) is 9.47. The van der Waals surface area contributed by atoms with E-state index in [1.54, 1.807) is 0 Å². The zero-order valence-corrected chi connectivity index (χ0v) is 8.92. The molecule has 0 aromatic heterocycles. The molecule has 2 nitrogen and oxygen atoms in total. The van der Waals surface area contributed by atoms with Crippen LogP contribution in [0.15, 0.2) is 0 Å². The lowest BCUT2D eigenvalue weighted by Crippen LogP contribution is -2.55. The number of hydrogen-bond donors (Lipinski definition) is 1. The highest BCUT2D eigenvalue weighted by molar-refractivity contribution is 4.89. The molecule has 0 amide bonds. The zero-order valence-electron chi connectivity index (χ0n) is 8.92. The maximum atomic E-state index is 3.52. The average Bonchev–Trinajstić information content (AvgIpc) is 2.02. The second kappa shape index (κ2) is 3.97. The van der Waals surface area contributed by atoms with Crippen molar-refractivity contribution >= 4 is 0 Å². The fourth-order valence-corrected chi connectivity index (χ4v) is 2.67. The number of likely N-dealkylation sites (tertiary alicyclic amines) is 1. The topological polar surface area (TPSA) is 15.3 Å². The smallest absolute Gasteiger partial charge is 0.0150 e. The van der Waals surface area contributed by atoms with Gasteiger partial charge in [0.25, 0.3) is 0 Å². The van der Waals surface area contributed by atoms with E-state index in [9.17, 15) is 0 Å². The Morgan fingerprint density at radius 3 is 2.62 bits per heavy atom. The van der Waals surface area contributed by atoms with Crippen molar-refractivity contribution in [2.75, 3.05) is 26.2 Å². The van der Waals surface area contributed by atoms with Crippen LogP contribution in [-0.4, -0.2) is 37.1 Å². The van der Waals surface area contributed by atoms with Gasteiger partial charge in [0.2, 0.25) is 0 Å². The van der Waals surface area contributed by atoms with Crippen LogP contribution >= 0.6 is 0 Å². The molecule has 2 fully saturated rings. The normalized spacial score (nSPS) is 36.2. The summed E-state index contributed by atoms with van der Waals surface area (Å²) in [5, 5.41) is 3.52. The van der Waals surface area contributed by atoms with E-state index in [0.29, 0.717) is 0 Å². The summed E-state index contributed by atoms with van der Waals surface area (Å²) in [7, 11) is 0. The Bertz CT molecular complexity index is 163. The van der Waals surface area contributed by atoms with Gasteiger partial charge in [-0.3, -0.25) is 4.90 Å². The number of nitrogens with zero attached hydrogens (tertiary/aromatic N) is 1. The summed E-state index contributed by atoms with van der Waals surface area (Å²) in [5.41, 5.74) is 0. The van der Waals surface area contributed by atoms with Gasteiger partial charge in [-0.25, -0.2) is 0 Å². The van der Waals surface area contributed by atoms with Crippen LogP contribution in [-0.2, 0) is 0 Å². The van der Waals surface area contributed by atoms with Crippen LogP contribution in [0.3, 0.4) is 0 Å². The van der Waals surface area contributed by atoms with Crippen molar-refractivity contribution in [3.8, 4) is 0 Å². The molecule has 0 spiro atoms. The summed E-state index contributed by atoms with van der Waals surface area (Å²) in [6.45, 7) is 9.90. The molecule has 0 bridgehead atoms. The first-order chi connectivity index (χ1) is 6.29. The summed E-state index contributed by atoms with van der Waals surface area (Å²) in [5.74, 6) is 1.72. The third kappa shape index (κ3) is 1.89. The Balaban J connectivity index is 1.95. The van der Waals surface area contributed by atoms with Crippen molar-refractivity contribution in [1.82, 2.24) is 10.2 Å². The molecule has 2 rings (SSSR count). The lowest BCUT2D eigenvalue weighted by atomic mass is 9.82. The van der Waals surface area contributed by atoms with Crippen LogP contribution < -0.4 is 5.32 Å². The minimum atomic E-state index is 0.832. The highest BCUT2D eigenvalue weighted by atomic mass is 15.2. The molecular formula is C11H22N2. The highest BCUT2D eigenvalue weighted by Crippen LogP contribution is 2.27. The lowest BCUT2D eigenvalue weighted by Gasteiger charge is -2.46. The first-order valence-electron chi connectivity index (χ1n) is 5.74. The lowest BCUT2D eigenvalue weighted by molar-refractivity contribution is 0.0411.